The summed E-state index contributed by atoms with van der Waals surface area (Å²) >= 11 is 0. The van der Waals surface area contributed by atoms with Gasteiger partial charge in [-0.25, -0.2) is 4.98 Å². The summed E-state index contributed by atoms with van der Waals surface area (Å²) in [6.07, 6.45) is 2.81. The fourth-order valence-corrected chi connectivity index (χ4v) is 5.64. The third-order valence-corrected chi connectivity index (χ3v) is 7.29. The molecule has 2 aromatic carbocycles. The Hall–Kier alpha value is -3.44. The van der Waals surface area contributed by atoms with Crippen molar-refractivity contribution in [2.45, 2.75) is 50.5 Å². The Morgan fingerprint density at radius 2 is 2.06 bits per heavy atom. The number of alkyl halides is 2. The number of aliphatic hydroxyl groups excluding tert-OH is 1. The van der Waals surface area contributed by atoms with Crippen molar-refractivity contribution in [1.82, 2.24) is 14.5 Å². The Bertz CT molecular complexity index is 1370. The van der Waals surface area contributed by atoms with Crippen molar-refractivity contribution in [2.75, 3.05) is 7.05 Å². The predicted octanol–water partition coefficient (Wildman–Crippen LogP) is 4.27. The second kappa shape index (κ2) is 7.81. The highest BCUT2D eigenvalue weighted by molar-refractivity contribution is 5.97. The topological polar surface area (TPSA) is 67.6 Å². The van der Waals surface area contributed by atoms with Gasteiger partial charge in [-0.05, 0) is 49.6 Å². The first-order valence-corrected chi connectivity index (χ1v) is 11.5. The fraction of sp³-hybridized carbons (Fsp3) is 0.385. The number of benzene rings is 2. The minimum Gasteiger partial charge on any atom is -0.434 e. The van der Waals surface area contributed by atoms with Gasteiger partial charge in [0.25, 0.3) is 5.91 Å². The summed E-state index contributed by atoms with van der Waals surface area (Å²) in [6.45, 7) is -2.99. The van der Waals surface area contributed by atoms with Gasteiger partial charge in [0.05, 0.1) is 29.2 Å². The zero-order valence-electron chi connectivity index (χ0n) is 18.5. The Morgan fingerprint density at radius 3 is 2.82 bits per heavy atom. The normalized spacial score (nSPS) is 25.2. The lowest BCUT2D eigenvalue weighted by atomic mass is 9.97. The van der Waals surface area contributed by atoms with Crippen molar-refractivity contribution < 1.29 is 23.4 Å². The van der Waals surface area contributed by atoms with Gasteiger partial charge >= 0.3 is 6.61 Å². The number of rotatable bonds is 2. The average Bonchev–Trinajstić information content (AvgIpc) is 3.48. The van der Waals surface area contributed by atoms with Gasteiger partial charge in [-0.2, -0.15) is 8.78 Å². The number of carbonyl (C=O) groups excluding carboxylic acids is 1. The number of nitrogens with zero attached hydrogens (tertiary/aromatic N) is 3. The van der Waals surface area contributed by atoms with Crippen LogP contribution < -0.4 is 4.74 Å². The largest absolute Gasteiger partial charge is 0.434 e. The lowest BCUT2D eigenvalue weighted by Crippen LogP contribution is -2.30. The minimum absolute atomic E-state index is 0.0146. The maximum absolute atomic E-state index is 13.2. The number of imidazole rings is 1. The van der Waals surface area contributed by atoms with E-state index in [1.165, 1.54) is 6.07 Å². The van der Waals surface area contributed by atoms with Gasteiger partial charge in [-0.1, -0.05) is 17.9 Å². The summed E-state index contributed by atoms with van der Waals surface area (Å²) in [5, 5.41) is 10.1. The number of aromatic nitrogens is 2. The third kappa shape index (κ3) is 3.18. The lowest BCUT2D eigenvalue weighted by molar-refractivity contribution is -0.0507. The van der Waals surface area contributed by atoms with Gasteiger partial charge in [0.2, 0.25) is 0 Å². The number of carbonyl (C=O) groups is 1. The van der Waals surface area contributed by atoms with Crippen molar-refractivity contribution in [3.05, 3.63) is 58.9 Å². The van der Waals surface area contributed by atoms with Crippen LogP contribution in [0.15, 0.2) is 36.4 Å². The van der Waals surface area contributed by atoms with Crippen LogP contribution >= 0.6 is 0 Å². The summed E-state index contributed by atoms with van der Waals surface area (Å²) in [7, 11) is 1.72. The summed E-state index contributed by atoms with van der Waals surface area (Å²) in [5.74, 6) is 6.89. The molecule has 2 bridgehead atoms. The summed E-state index contributed by atoms with van der Waals surface area (Å²) in [5.41, 5.74) is 3.22. The van der Waals surface area contributed by atoms with Gasteiger partial charge in [0.15, 0.2) is 0 Å². The van der Waals surface area contributed by atoms with E-state index in [4.69, 9.17) is 9.72 Å². The first kappa shape index (κ1) is 21.1. The molecule has 6 nitrogen and oxygen atoms in total. The lowest BCUT2D eigenvalue weighted by Gasteiger charge is -2.24. The van der Waals surface area contributed by atoms with E-state index in [1.807, 2.05) is 22.8 Å². The van der Waals surface area contributed by atoms with Gasteiger partial charge in [-0.15, -0.1) is 0 Å². The van der Waals surface area contributed by atoms with Gasteiger partial charge in [0.1, 0.15) is 11.6 Å². The van der Waals surface area contributed by atoms with Crippen LogP contribution in [-0.2, 0) is 0 Å². The van der Waals surface area contributed by atoms with E-state index < -0.39 is 6.61 Å². The molecule has 4 atom stereocenters. The van der Waals surface area contributed by atoms with Crippen molar-refractivity contribution in [2.24, 2.45) is 5.92 Å². The SMILES string of the molecule is CN1C(=O)c2cccc(OC(F)F)c2[C@H]2C[C@@H]1c1nc3ccc(C#CC4CCCC4O)cc3n12. The molecular formula is C26H23F2N3O3. The molecule has 0 saturated heterocycles. The molecule has 1 aromatic heterocycles. The number of hydrogen-bond donors (Lipinski definition) is 1. The van der Waals surface area contributed by atoms with Crippen molar-refractivity contribution in [3.8, 4) is 17.6 Å². The molecule has 2 unspecified atom stereocenters. The molecule has 8 heteroatoms. The predicted molar refractivity (Wildman–Crippen MR) is 121 cm³/mol. The molecule has 2 aliphatic heterocycles. The first-order chi connectivity index (χ1) is 16.4. The molecule has 1 fully saturated rings. The number of aliphatic hydroxyl groups is 1. The van der Waals surface area contributed by atoms with Crippen LogP contribution in [-0.4, -0.2) is 45.2 Å². The number of hydrogen-bond acceptors (Lipinski definition) is 4. The Kier molecular flexibility index (Phi) is 4.85. The molecule has 3 heterocycles. The zero-order valence-corrected chi connectivity index (χ0v) is 18.5. The minimum atomic E-state index is -2.99. The molecule has 6 rings (SSSR count). The molecule has 1 saturated carbocycles. The molecule has 1 N–H and O–H groups in total. The van der Waals surface area contributed by atoms with Crippen LogP contribution in [0.4, 0.5) is 8.78 Å². The molecule has 1 amide bonds. The quantitative estimate of drug-likeness (QED) is 0.577. The van der Waals surface area contributed by atoms with E-state index in [-0.39, 0.29) is 35.8 Å². The van der Waals surface area contributed by atoms with Crippen molar-refractivity contribution >= 4 is 16.9 Å². The van der Waals surface area contributed by atoms with Gasteiger partial charge in [-0.3, -0.25) is 4.79 Å². The zero-order chi connectivity index (χ0) is 23.6. The van der Waals surface area contributed by atoms with Gasteiger partial charge < -0.3 is 19.3 Å². The van der Waals surface area contributed by atoms with E-state index in [9.17, 15) is 18.7 Å². The van der Waals surface area contributed by atoms with E-state index in [0.29, 0.717) is 17.5 Å². The second-order valence-corrected chi connectivity index (χ2v) is 9.20. The first-order valence-electron chi connectivity index (χ1n) is 11.5. The molecule has 1 aliphatic carbocycles. The smallest absolute Gasteiger partial charge is 0.387 e. The maximum Gasteiger partial charge on any atom is 0.387 e. The van der Waals surface area contributed by atoms with Crippen molar-refractivity contribution in [1.29, 1.82) is 0 Å². The highest BCUT2D eigenvalue weighted by Crippen LogP contribution is 2.49. The second-order valence-electron chi connectivity index (χ2n) is 9.20. The van der Waals surface area contributed by atoms with E-state index in [2.05, 4.69) is 11.8 Å². The summed E-state index contributed by atoms with van der Waals surface area (Å²) in [6, 6.07) is 9.82. The van der Waals surface area contributed by atoms with Crippen LogP contribution in [0.2, 0.25) is 0 Å². The molecule has 3 aliphatic rings. The number of ether oxygens (including phenoxy) is 1. The molecule has 0 spiro atoms. The van der Waals surface area contributed by atoms with Crippen molar-refractivity contribution in [3.63, 3.8) is 0 Å². The van der Waals surface area contributed by atoms with Gasteiger partial charge in [0, 0.05) is 36.1 Å². The Labute approximate surface area is 195 Å². The molecule has 34 heavy (non-hydrogen) atoms. The highest BCUT2D eigenvalue weighted by Gasteiger charge is 2.45. The number of amides is 1. The number of halogens is 2. The van der Waals surface area contributed by atoms with Crippen LogP contribution in [0.1, 0.15) is 65.1 Å². The summed E-state index contributed by atoms with van der Waals surface area (Å²) in [4.78, 5) is 19.6. The molecule has 174 valence electrons. The number of fused-ring (bicyclic) bond motifs is 9. The molecule has 0 radical (unpaired) electrons. The standard InChI is InChI=1S/C26H23F2N3O3/c1-30-20-13-19(23-16(25(30)33)5-3-7-22(23)34-26(27)28)31-18-12-14(9-11-17(18)29-24(20)31)8-10-15-4-2-6-21(15)32/h3,5,7,9,11-12,15,19-21,26,32H,2,4,6,13H2,1H3/t15?,19-,20-,21?/m1/s1. The average molecular weight is 463 g/mol. The molecular weight excluding hydrogens is 440 g/mol. The van der Waals surface area contributed by atoms with Crippen LogP contribution in [0.3, 0.4) is 0 Å². The van der Waals surface area contributed by atoms with E-state index in [1.54, 1.807) is 24.1 Å². The van der Waals surface area contributed by atoms with E-state index >= 15 is 0 Å². The third-order valence-electron chi connectivity index (χ3n) is 7.29. The van der Waals surface area contributed by atoms with Crippen LogP contribution in [0.5, 0.6) is 5.75 Å². The van der Waals surface area contributed by atoms with E-state index in [0.717, 1.165) is 41.7 Å². The maximum atomic E-state index is 13.2. The molecule has 3 aromatic rings. The van der Waals surface area contributed by atoms with Crippen LogP contribution in [0.25, 0.3) is 11.0 Å². The highest BCUT2D eigenvalue weighted by atomic mass is 19.3. The fourth-order valence-electron chi connectivity index (χ4n) is 5.64. The summed E-state index contributed by atoms with van der Waals surface area (Å²) < 4.78 is 33.3. The Morgan fingerprint density at radius 1 is 1.21 bits per heavy atom. The van der Waals surface area contributed by atoms with Crippen LogP contribution in [0, 0.1) is 17.8 Å². The Balaban J connectivity index is 1.50. The monoisotopic (exact) mass is 463 g/mol.